The first-order valence-corrected chi connectivity index (χ1v) is 9.30. The predicted molar refractivity (Wildman–Crippen MR) is 113 cm³/mol. The third-order valence-corrected chi connectivity index (χ3v) is 4.70. The quantitative estimate of drug-likeness (QED) is 0.373. The SMILES string of the molecule is Cc1ccc(Nc2ncnc(NNC(=O)c3ccc(Br)cc3)c2[N+](=O)[O-])cc1C. The molecule has 3 N–H and O–H groups in total. The molecule has 0 aliphatic heterocycles. The lowest BCUT2D eigenvalue weighted by molar-refractivity contribution is -0.383. The van der Waals surface area contributed by atoms with E-state index in [9.17, 15) is 14.9 Å². The van der Waals surface area contributed by atoms with E-state index in [0.29, 0.717) is 11.3 Å². The Kier molecular flexibility index (Phi) is 6.03. The molecule has 0 fully saturated rings. The summed E-state index contributed by atoms with van der Waals surface area (Å²) >= 11 is 3.29. The molecule has 0 atom stereocenters. The van der Waals surface area contributed by atoms with Gasteiger partial charge in [-0.25, -0.2) is 9.97 Å². The van der Waals surface area contributed by atoms with E-state index < -0.39 is 10.8 Å². The summed E-state index contributed by atoms with van der Waals surface area (Å²) in [5.74, 6) is -0.593. The Morgan fingerprint density at radius 3 is 2.38 bits per heavy atom. The summed E-state index contributed by atoms with van der Waals surface area (Å²) in [6.45, 7) is 3.92. The molecule has 0 saturated carbocycles. The number of nitrogens with one attached hydrogen (secondary N) is 3. The first kappa shape index (κ1) is 20.2. The minimum Gasteiger partial charge on any atom is -0.334 e. The predicted octanol–water partition coefficient (Wildman–Crippen LogP) is 4.26. The van der Waals surface area contributed by atoms with Crippen LogP contribution in [0.15, 0.2) is 53.3 Å². The van der Waals surface area contributed by atoms with Crippen LogP contribution in [-0.2, 0) is 0 Å². The zero-order valence-electron chi connectivity index (χ0n) is 15.6. The van der Waals surface area contributed by atoms with E-state index in [2.05, 4.69) is 42.1 Å². The number of nitro groups is 1. The Bertz CT molecular complexity index is 1070. The van der Waals surface area contributed by atoms with Crippen LogP contribution in [0.25, 0.3) is 0 Å². The number of anilines is 3. The molecule has 10 heteroatoms. The Morgan fingerprint density at radius 1 is 1.03 bits per heavy atom. The summed E-state index contributed by atoms with van der Waals surface area (Å²) in [6.07, 6.45) is 1.17. The van der Waals surface area contributed by atoms with Gasteiger partial charge in [0, 0.05) is 15.7 Å². The van der Waals surface area contributed by atoms with Crippen LogP contribution in [0.5, 0.6) is 0 Å². The van der Waals surface area contributed by atoms with Gasteiger partial charge in [0.05, 0.1) is 4.92 Å². The lowest BCUT2D eigenvalue weighted by Crippen LogP contribution is -2.30. The maximum Gasteiger partial charge on any atom is 0.355 e. The van der Waals surface area contributed by atoms with Crippen LogP contribution >= 0.6 is 15.9 Å². The highest BCUT2D eigenvalue weighted by atomic mass is 79.9. The van der Waals surface area contributed by atoms with E-state index in [1.807, 2.05) is 26.0 Å². The fourth-order valence-corrected chi connectivity index (χ4v) is 2.74. The first-order valence-electron chi connectivity index (χ1n) is 8.50. The lowest BCUT2D eigenvalue weighted by Gasteiger charge is -2.12. The van der Waals surface area contributed by atoms with Gasteiger partial charge in [-0.2, -0.15) is 0 Å². The van der Waals surface area contributed by atoms with Crippen LogP contribution in [0.2, 0.25) is 0 Å². The van der Waals surface area contributed by atoms with E-state index >= 15 is 0 Å². The maximum atomic E-state index is 12.2. The number of aromatic nitrogens is 2. The molecule has 0 unspecified atom stereocenters. The fourth-order valence-electron chi connectivity index (χ4n) is 2.48. The average molecular weight is 457 g/mol. The number of hydrogen-bond acceptors (Lipinski definition) is 7. The molecule has 1 heterocycles. The Labute approximate surface area is 174 Å². The number of halogens is 1. The molecule has 1 aromatic heterocycles. The molecule has 3 aromatic rings. The van der Waals surface area contributed by atoms with Crippen LogP contribution in [0.1, 0.15) is 21.5 Å². The van der Waals surface area contributed by atoms with Gasteiger partial charge in [0.1, 0.15) is 6.33 Å². The molecule has 148 valence electrons. The highest BCUT2D eigenvalue weighted by Gasteiger charge is 2.23. The largest absolute Gasteiger partial charge is 0.355 e. The second kappa shape index (κ2) is 8.65. The van der Waals surface area contributed by atoms with Crippen molar-refractivity contribution in [3.63, 3.8) is 0 Å². The van der Waals surface area contributed by atoms with Gasteiger partial charge in [-0.15, -0.1) is 0 Å². The Morgan fingerprint density at radius 2 is 1.72 bits per heavy atom. The van der Waals surface area contributed by atoms with Crippen molar-refractivity contribution >= 4 is 44.8 Å². The van der Waals surface area contributed by atoms with Gasteiger partial charge < -0.3 is 5.32 Å². The summed E-state index contributed by atoms with van der Waals surface area (Å²) in [5.41, 5.74) is 7.70. The van der Waals surface area contributed by atoms with Crippen molar-refractivity contribution in [1.29, 1.82) is 0 Å². The summed E-state index contributed by atoms with van der Waals surface area (Å²) < 4.78 is 0.829. The maximum absolute atomic E-state index is 12.2. The highest BCUT2D eigenvalue weighted by molar-refractivity contribution is 9.10. The van der Waals surface area contributed by atoms with E-state index in [1.165, 1.54) is 6.33 Å². The molecule has 3 rings (SSSR count). The van der Waals surface area contributed by atoms with Crippen LogP contribution in [0.3, 0.4) is 0 Å². The number of aryl methyl sites for hydroxylation is 2. The molecule has 1 amide bonds. The third kappa shape index (κ3) is 4.85. The number of hydrazine groups is 1. The van der Waals surface area contributed by atoms with E-state index in [-0.39, 0.29) is 17.3 Å². The Hall–Kier alpha value is -3.53. The molecular formula is C19H17BrN6O3. The lowest BCUT2D eigenvalue weighted by atomic mass is 10.1. The van der Waals surface area contributed by atoms with Gasteiger partial charge in [0.25, 0.3) is 5.91 Å². The van der Waals surface area contributed by atoms with Crippen LogP contribution in [-0.4, -0.2) is 20.8 Å². The standard InChI is InChI=1S/C19H17BrN6O3/c1-11-3-8-15(9-12(11)2)23-17-16(26(28)29)18(22-10-21-17)24-25-19(27)13-4-6-14(20)7-5-13/h3-10H,1-2H3,(H,25,27)(H2,21,22,23,24). The average Bonchev–Trinajstić information content (AvgIpc) is 2.69. The normalized spacial score (nSPS) is 10.3. The van der Waals surface area contributed by atoms with Crippen molar-refractivity contribution in [2.75, 3.05) is 10.7 Å². The summed E-state index contributed by atoms with van der Waals surface area (Å²) in [5, 5.41) is 14.6. The number of rotatable bonds is 6. The molecular weight excluding hydrogens is 440 g/mol. The van der Waals surface area contributed by atoms with Gasteiger partial charge >= 0.3 is 5.69 Å². The van der Waals surface area contributed by atoms with Gasteiger partial charge in [0.2, 0.25) is 11.6 Å². The van der Waals surface area contributed by atoms with Gasteiger partial charge in [0.15, 0.2) is 0 Å². The number of hydrogen-bond donors (Lipinski definition) is 3. The molecule has 0 saturated heterocycles. The zero-order chi connectivity index (χ0) is 21.0. The summed E-state index contributed by atoms with van der Waals surface area (Å²) in [7, 11) is 0. The van der Waals surface area contributed by atoms with Crippen molar-refractivity contribution in [2.24, 2.45) is 0 Å². The smallest absolute Gasteiger partial charge is 0.334 e. The number of amides is 1. The Balaban J connectivity index is 1.82. The van der Waals surface area contributed by atoms with Crippen molar-refractivity contribution in [2.45, 2.75) is 13.8 Å². The van der Waals surface area contributed by atoms with Crippen molar-refractivity contribution < 1.29 is 9.72 Å². The summed E-state index contributed by atoms with van der Waals surface area (Å²) in [6, 6.07) is 12.2. The molecule has 0 aliphatic carbocycles. The molecule has 0 bridgehead atoms. The van der Waals surface area contributed by atoms with Crippen molar-refractivity contribution in [3.05, 3.63) is 80.1 Å². The number of nitrogens with zero attached hydrogens (tertiary/aromatic N) is 3. The summed E-state index contributed by atoms with van der Waals surface area (Å²) in [4.78, 5) is 31.1. The second-order valence-corrected chi connectivity index (χ2v) is 7.10. The number of carbonyl (C=O) groups is 1. The molecule has 2 aromatic carbocycles. The third-order valence-electron chi connectivity index (χ3n) is 4.18. The van der Waals surface area contributed by atoms with Gasteiger partial charge in [-0.3, -0.25) is 25.8 Å². The van der Waals surface area contributed by atoms with E-state index in [4.69, 9.17) is 0 Å². The minimum absolute atomic E-state index is 0.00800. The van der Waals surface area contributed by atoms with Crippen LogP contribution in [0, 0.1) is 24.0 Å². The van der Waals surface area contributed by atoms with Gasteiger partial charge in [-0.05, 0) is 61.4 Å². The number of carbonyl (C=O) groups excluding carboxylic acids is 1. The van der Waals surface area contributed by atoms with Crippen molar-refractivity contribution in [1.82, 2.24) is 15.4 Å². The molecule has 0 aliphatic rings. The highest BCUT2D eigenvalue weighted by Crippen LogP contribution is 2.31. The topological polar surface area (TPSA) is 122 Å². The molecule has 9 nitrogen and oxygen atoms in total. The number of benzene rings is 2. The van der Waals surface area contributed by atoms with E-state index in [0.717, 1.165) is 15.6 Å². The first-order chi connectivity index (χ1) is 13.8. The van der Waals surface area contributed by atoms with Crippen LogP contribution in [0.4, 0.5) is 23.0 Å². The second-order valence-electron chi connectivity index (χ2n) is 6.19. The minimum atomic E-state index is -0.614. The fraction of sp³-hybridized carbons (Fsp3) is 0.105. The molecule has 0 radical (unpaired) electrons. The van der Waals surface area contributed by atoms with Gasteiger partial charge in [-0.1, -0.05) is 22.0 Å². The van der Waals surface area contributed by atoms with Crippen molar-refractivity contribution in [3.8, 4) is 0 Å². The monoisotopic (exact) mass is 456 g/mol. The van der Waals surface area contributed by atoms with Crippen LogP contribution < -0.4 is 16.2 Å². The molecule has 0 spiro atoms. The molecule has 29 heavy (non-hydrogen) atoms. The zero-order valence-corrected chi connectivity index (χ0v) is 17.1. The van der Waals surface area contributed by atoms with E-state index in [1.54, 1.807) is 30.3 Å².